The zero-order valence-corrected chi connectivity index (χ0v) is 27.6. The molecule has 3 aliphatic heterocycles. The van der Waals surface area contributed by atoms with Crippen molar-refractivity contribution in [1.29, 1.82) is 5.26 Å². The van der Waals surface area contributed by atoms with E-state index in [2.05, 4.69) is 40.7 Å². The monoisotopic (exact) mass is 661 g/mol. The molecule has 0 radical (unpaired) electrons. The molecule has 3 fully saturated rings. The third-order valence-electron chi connectivity index (χ3n) is 8.93. The minimum absolute atomic E-state index is 0.0133. The maximum absolute atomic E-state index is 14.3. The van der Waals surface area contributed by atoms with Gasteiger partial charge in [-0.05, 0) is 43.9 Å². The molecule has 5 rings (SSSR count). The standard InChI is InChI=1S/C31H42F3N7O4Si/c1-46(2,3)16-15-44-21-41-30(43)29(31(32,33)34)25(20-37-41)40-10-4-5-24(40)26-8-7-23(45-26)17-28(42)39-13-11-38(12-14-39)27-9-6-22(18-35)19-36-27/h6,9,19-20,23-24,26H,4-5,7-8,10-17,21H2,1-3H3/t23?,24-,26?/m0/s1. The number of halogens is 3. The summed E-state index contributed by atoms with van der Waals surface area (Å²) < 4.78 is 55.6. The zero-order valence-electron chi connectivity index (χ0n) is 26.6. The molecular formula is C31H42F3N7O4Si. The fourth-order valence-electron chi connectivity index (χ4n) is 6.38. The number of ether oxygens (including phenoxy) is 2. The first-order valence-corrected chi connectivity index (χ1v) is 19.6. The highest BCUT2D eigenvalue weighted by Crippen LogP contribution is 2.39. The lowest BCUT2D eigenvalue weighted by Gasteiger charge is -2.36. The predicted molar refractivity (Wildman–Crippen MR) is 168 cm³/mol. The normalized spacial score (nSPS) is 22.4. The van der Waals surface area contributed by atoms with E-state index in [0.717, 1.165) is 22.7 Å². The average Bonchev–Trinajstić information content (AvgIpc) is 3.69. The number of pyridine rings is 1. The van der Waals surface area contributed by atoms with E-state index < -0.39 is 25.4 Å². The van der Waals surface area contributed by atoms with Gasteiger partial charge in [-0.1, -0.05) is 19.6 Å². The minimum Gasteiger partial charge on any atom is -0.372 e. The van der Waals surface area contributed by atoms with Gasteiger partial charge in [0.1, 0.15) is 24.2 Å². The van der Waals surface area contributed by atoms with Crippen LogP contribution in [-0.4, -0.2) is 91.2 Å². The molecule has 3 saturated heterocycles. The topological polar surface area (TPSA) is 117 Å². The van der Waals surface area contributed by atoms with E-state index in [9.17, 15) is 22.8 Å². The summed E-state index contributed by atoms with van der Waals surface area (Å²) >= 11 is 0. The first-order valence-electron chi connectivity index (χ1n) is 15.9. The number of piperazine rings is 1. The van der Waals surface area contributed by atoms with Gasteiger partial charge in [-0.3, -0.25) is 9.59 Å². The SMILES string of the molecule is C[Si](C)(C)CCOCn1ncc(N2CCC[C@H]2C2CCC(CC(=O)N3CCN(c4ccc(C#N)cn4)CC3)O2)c(C(F)(F)F)c1=O. The summed E-state index contributed by atoms with van der Waals surface area (Å²) in [6, 6.07) is 6.05. The van der Waals surface area contributed by atoms with Crippen molar-refractivity contribution in [2.24, 2.45) is 0 Å². The van der Waals surface area contributed by atoms with E-state index in [1.54, 1.807) is 17.0 Å². The summed E-state index contributed by atoms with van der Waals surface area (Å²) in [5.74, 6) is 0.752. The Morgan fingerprint density at radius 2 is 1.87 bits per heavy atom. The van der Waals surface area contributed by atoms with Crippen LogP contribution < -0.4 is 15.4 Å². The number of amides is 1. The maximum atomic E-state index is 14.3. The van der Waals surface area contributed by atoms with Crippen LogP contribution in [0.2, 0.25) is 25.7 Å². The van der Waals surface area contributed by atoms with E-state index in [1.165, 1.54) is 6.20 Å². The molecule has 3 aliphatic rings. The number of nitrogens with zero attached hydrogens (tertiary/aromatic N) is 7. The molecule has 46 heavy (non-hydrogen) atoms. The molecule has 11 nitrogen and oxygen atoms in total. The van der Waals surface area contributed by atoms with Crippen molar-refractivity contribution in [2.75, 3.05) is 49.1 Å². The number of hydrogen-bond acceptors (Lipinski definition) is 9. The first-order chi connectivity index (χ1) is 21.8. The van der Waals surface area contributed by atoms with Gasteiger partial charge in [0.2, 0.25) is 5.91 Å². The Hall–Kier alpha value is -3.48. The van der Waals surface area contributed by atoms with Crippen LogP contribution in [0.1, 0.15) is 43.2 Å². The van der Waals surface area contributed by atoms with Crippen LogP contribution in [0, 0.1) is 11.3 Å². The lowest BCUT2D eigenvalue weighted by molar-refractivity contribution is -0.139. The van der Waals surface area contributed by atoms with Crippen LogP contribution in [-0.2, 0) is 27.2 Å². The van der Waals surface area contributed by atoms with E-state index in [4.69, 9.17) is 14.7 Å². The van der Waals surface area contributed by atoms with Gasteiger partial charge in [0.05, 0.1) is 42.1 Å². The summed E-state index contributed by atoms with van der Waals surface area (Å²) in [6.07, 6.45) is -0.128. The molecule has 0 spiro atoms. The number of hydrogen-bond donors (Lipinski definition) is 0. The fraction of sp³-hybridized carbons (Fsp3) is 0.645. The summed E-state index contributed by atoms with van der Waals surface area (Å²) in [7, 11) is -1.40. The molecule has 0 saturated carbocycles. The van der Waals surface area contributed by atoms with Gasteiger partial charge < -0.3 is 24.2 Å². The molecule has 2 aromatic heterocycles. The first kappa shape index (κ1) is 33.9. The Bertz CT molecular complexity index is 1470. The van der Waals surface area contributed by atoms with Gasteiger partial charge >= 0.3 is 6.18 Å². The molecule has 250 valence electrons. The molecule has 0 aliphatic carbocycles. The highest BCUT2D eigenvalue weighted by Gasteiger charge is 2.44. The summed E-state index contributed by atoms with van der Waals surface area (Å²) in [5.41, 5.74) is -2.18. The summed E-state index contributed by atoms with van der Waals surface area (Å²) in [5, 5.41) is 13.1. The molecule has 0 aromatic carbocycles. The van der Waals surface area contributed by atoms with Crippen LogP contribution in [0.25, 0.3) is 0 Å². The Morgan fingerprint density at radius 3 is 2.52 bits per heavy atom. The summed E-state index contributed by atoms with van der Waals surface area (Å²) in [4.78, 5) is 36.0. The smallest absolute Gasteiger partial charge is 0.372 e. The van der Waals surface area contributed by atoms with Crippen molar-refractivity contribution >= 4 is 25.5 Å². The molecule has 5 heterocycles. The van der Waals surface area contributed by atoms with E-state index in [0.29, 0.717) is 70.6 Å². The maximum Gasteiger partial charge on any atom is 0.423 e. The molecule has 15 heteroatoms. The van der Waals surface area contributed by atoms with Gasteiger partial charge in [-0.2, -0.15) is 23.5 Å². The number of anilines is 2. The Labute approximate surface area is 267 Å². The average molecular weight is 662 g/mol. The van der Waals surface area contributed by atoms with Crippen molar-refractivity contribution in [3.8, 4) is 6.07 Å². The number of carbonyl (C=O) groups excluding carboxylic acids is 1. The van der Waals surface area contributed by atoms with Crippen LogP contribution in [0.4, 0.5) is 24.7 Å². The third-order valence-corrected chi connectivity index (χ3v) is 10.6. The van der Waals surface area contributed by atoms with Gasteiger partial charge in [0.15, 0.2) is 0 Å². The van der Waals surface area contributed by atoms with Crippen molar-refractivity contribution in [3.63, 3.8) is 0 Å². The second kappa shape index (κ2) is 14.1. The van der Waals surface area contributed by atoms with Gasteiger partial charge in [0, 0.05) is 53.6 Å². The van der Waals surface area contributed by atoms with Gasteiger partial charge in [0.25, 0.3) is 5.56 Å². The minimum atomic E-state index is -4.87. The predicted octanol–water partition coefficient (Wildman–Crippen LogP) is 4.10. The number of rotatable bonds is 10. The van der Waals surface area contributed by atoms with Crippen LogP contribution in [0.3, 0.4) is 0 Å². The third kappa shape index (κ3) is 8.08. The number of alkyl halides is 3. The molecule has 3 atom stereocenters. The Morgan fingerprint density at radius 1 is 1.11 bits per heavy atom. The number of aromatic nitrogens is 3. The van der Waals surface area contributed by atoms with Crippen LogP contribution in [0.15, 0.2) is 29.3 Å². The molecule has 1 amide bonds. The van der Waals surface area contributed by atoms with Crippen molar-refractivity contribution in [1.82, 2.24) is 19.7 Å². The highest BCUT2D eigenvalue weighted by molar-refractivity contribution is 6.76. The van der Waals surface area contributed by atoms with Gasteiger partial charge in [-0.25, -0.2) is 9.67 Å². The zero-order chi connectivity index (χ0) is 33.1. The molecule has 2 unspecified atom stereocenters. The molecule has 0 N–H and O–H groups in total. The van der Waals surface area contributed by atoms with Crippen molar-refractivity contribution in [3.05, 3.63) is 46.0 Å². The Balaban J connectivity index is 1.18. The largest absolute Gasteiger partial charge is 0.423 e. The van der Waals surface area contributed by atoms with Crippen LogP contribution in [0.5, 0.6) is 0 Å². The quantitative estimate of drug-likeness (QED) is 0.274. The van der Waals surface area contributed by atoms with Crippen LogP contribution >= 0.6 is 0 Å². The van der Waals surface area contributed by atoms with Crippen molar-refractivity contribution < 1.29 is 27.4 Å². The molecule has 2 aromatic rings. The molecular weight excluding hydrogens is 619 g/mol. The Kier molecular flexibility index (Phi) is 10.4. The number of carbonyl (C=O) groups is 1. The fourth-order valence-corrected chi connectivity index (χ4v) is 7.14. The van der Waals surface area contributed by atoms with E-state index in [-0.39, 0.29) is 43.0 Å². The summed E-state index contributed by atoms with van der Waals surface area (Å²) in [6.45, 7) is 9.19. The van der Waals surface area contributed by atoms with Crippen molar-refractivity contribution in [2.45, 2.75) is 88.9 Å². The van der Waals surface area contributed by atoms with E-state index in [1.807, 2.05) is 4.90 Å². The van der Waals surface area contributed by atoms with E-state index >= 15 is 0 Å². The second-order valence-electron chi connectivity index (χ2n) is 13.4. The number of nitriles is 1. The lowest BCUT2D eigenvalue weighted by Crippen LogP contribution is -2.49. The molecule has 0 bridgehead atoms. The van der Waals surface area contributed by atoms with Gasteiger partial charge in [-0.15, -0.1) is 0 Å². The lowest BCUT2D eigenvalue weighted by atomic mass is 10.0. The second-order valence-corrected chi connectivity index (χ2v) is 19.0. The highest BCUT2D eigenvalue weighted by atomic mass is 28.3.